The topological polar surface area (TPSA) is 69.4 Å². The molecule has 0 aromatic carbocycles. The summed E-state index contributed by atoms with van der Waals surface area (Å²) >= 11 is 3.91. The van der Waals surface area contributed by atoms with Crippen molar-refractivity contribution in [3.63, 3.8) is 0 Å². The van der Waals surface area contributed by atoms with E-state index in [4.69, 9.17) is 5.73 Å². The number of rotatable bonds is 18. The molecular formula is C21H42NNaO3S. The largest absolute Gasteiger partial charge is 1.00 e. The first-order valence-electron chi connectivity index (χ1n) is 10.7. The molecule has 0 aliphatic heterocycles. The smallest absolute Gasteiger partial charge is 1.00 e. The van der Waals surface area contributed by atoms with Crippen LogP contribution >= 0.6 is 12.6 Å². The Hall–Kier alpha value is 0.450. The summed E-state index contributed by atoms with van der Waals surface area (Å²) < 4.78 is 4.67. The van der Waals surface area contributed by atoms with Gasteiger partial charge in [0.25, 0.3) is 0 Å². The van der Waals surface area contributed by atoms with Gasteiger partial charge in [0.05, 0.1) is 0 Å². The zero-order valence-electron chi connectivity index (χ0n) is 18.8. The van der Waals surface area contributed by atoms with Gasteiger partial charge in [0.15, 0.2) is 0 Å². The molecule has 0 aliphatic rings. The van der Waals surface area contributed by atoms with Gasteiger partial charge in [-0.15, -0.1) is 0 Å². The van der Waals surface area contributed by atoms with Crippen LogP contribution in [0.1, 0.15) is 111 Å². The van der Waals surface area contributed by atoms with Gasteiger partial charge in [-0.25, -0.2) is 4.79 Å². The maximum absolute atomic E-state index is 11.5. The fraction of sp³-hybridized carbons (Fsp3) is 0.905. The Labute approximate surface area is 196 Å². The Kier molecular flexibility index (Phi) is 25.0. The Bertz CT molecular complexity index is 363. The van der Waals surface area contributed by atoms with Crippen molar-refractivity contribution in [2.75, 3.05) is 5.75 Å². The van der Waals surface area contributed by atoms with Crippen LogP contribution in [0.4, 0.5) is 0 Å². The van der Waals surface area contributed by atoms with E-state index in [9.17, 15) is 9.59 Å². The zero-order valence-corrected chi connectivity index (χ0v) is 20.7. The van der Waals surface area contributed by atoms with Crippen molar-refractivity contribution in [2.24, 2.45) is 5.73 Å². The van der Waals surface area contributed by atoms with Crippen LogP contribution in [0.25, 0.3) is 0 Å². The number of nitrogens with two attached hydrogens (primary N) is 1. The van der Waals surface area contributed by atoms with E-state index in [1.54, 1.807) is 0 Å². The molecule has 27 heavy (non-hydrogen) atoms. The molecule has 0 saturated carbocycles. The van der Waals surface area contributed by atoms with Crippen LogP contribution in [0, 0.1) is 0 Å². The number of carbonyl (C=O) groups excluding carboxylic acids is 2. The summed E-state index contributed by atoms with van der Waals surface area (Å²) in [6.45, 7) is 2.26. The van der Waals surface area contributed by atoms with Crippen LogP contribution in [0.5, 0.6) is 0 Å². The van der Waals surface area contributed by atoms with Crippen LogP contribution in [-0.4, -0.2) is 23.7 Å². The molecule has 4 nitrogen and oxygen atoms in total. The molecule has 0 heterocycles. The Morgan fingerprint density at radius 1 is 0.815 bits per heavy atom. The van der Waals surface area contributed by atoms with E-state index in [0.29, 0.717) is 6.42 Å². The van der Waals surface area contributed by atoms with Gasteiger partial charge in [0, 0.05) is 12.2 Å². The quantitative estimate of drug-likeness (QED) is 0.120. The summed E-state index contributed by atoms with van der Waals surface area (Å²) in [7, 11) is 0. The maximum Gasteiger partial charge on any atom is 1.00 e. The second-order valence-corrected chi connectivity index (χ2v) is 7.65. The SMILES string of the molecule is CCCCCCCCCCCCCCCCCC(=O)OC(=O)C(N)CS.[H-].[Na+]. The number of carbonyl (C=O) groups is 2. The van der Waals surface area contributed by atoms with Crippen molar-refractivity contribution in [1.82, 2.24) is 0 Å². The molecule has 0 saturated heterocycles. The molecule has 6 heteroatoms. The molecule has 1 unspecified atom stereocenters. The van der Waals surface area contributed by atoms with E-state index in [1.807, 2.05) is 0 Å². The monoisotopic (exact) mass is 411 g/mol. The summed E-state index contributed by atoms with van der Waals surface area (Å²) in [6.07, 6.45) is 19.6. The molecule has 1 atom stereocenters. The number of thiol groups is 1. The predicted octanol–water partition coefficient (Wildman–Crippen LogP) is 2.69. The van der Waals surface area contributed by atoms with Gasteiger partial charge in [-0.3, -0.25) is 4.79 Å². The molecule has 0 aliphatic carbocycles. The number of ether oxygens (including phenoxy) is 1. The third-order valence-corrected chi connectivity index (χ3v) is 5.09. The summed E-state index contributed by atoms with van der Waals surface area (Å²) in [5, 5.41) is 0. The first-order valence-corrected chi connectivity index (χ1v) is 11.4. The number of hydrogen-bond donors (Lipinski definition) is 2. The molecule has 0 bridgehead atoms. The normalized spacial score (nSPS) is 11.7. The number of unbranched alkanes of at least 4 members (excludes halogenated alkanes) is 14. The van der Waals surface area contributed by atoms with Gasteiger partial charge < -0.3 is 11.9 Å². The van der Waals surface area contributed by atoms with E-state index in [-0.39, 0.29) is 36.7 Å². The van der Waals surface area contributed by atoms with Crippen molar-refractivity contribution in [2.45, 2.75) is 116 Å². The standard InChI is InChI=1S/C21H41NO3S.Na.H/c1-2-3-4-5-6-7-8-9-10-11-12-13-14-15-16-17-20(23)25-21(24)19(22)18-26;;/h19,26H,2-18,22H2,1H3;;/q;+1;-1. The van der Waals surface area contributed by atoms with Gasteiger partial charge in [0.2, 0.25) is 0 Å². The molecule has 0 rings (SSSR count). The molecule has 2 N–H and O–H groups in total. The summed E-state index contributed by atoms with van der Waals surface area (Å²) in [6, 6.07) is -0.816. The number of hydrogen-bond acceptors (Lipinski definition) is 5. The average molecular weight is 412 g/mol. The van der Waals surface area contributed by atoms with E-state index < -0.39 is 18.0 Å². The summed E-state index contributed by atoms with van der Waals surface area (Å²) in [5.41, 5.74) is 5.45. The second-order valence-electron chi connectivity index (χ2n) is 7.28. The number of esters is 2. The second kappa shape index (κ2) is 22.7. The molecule has 0 spiro atoms. The van der Waals surface area contributed by atoms with Crippen LogP contribution in [0.2, 0.25) is 0 Å². The third kappa shape index (κ3) is 21.0. The Balaban J connectivity index is -0.00000312. The van der Waals surface area contributed by atoms with E-state index in [0.717, 1.165) is 19.3 Å². The first-order chi connectivity index (χ1) is 12.6. The van der Waals surface area contributed by atoms with Crippen molar-refractivity contribution in [1.29, 1.82) is 0 Å². The average Bonchev–Trinajstić information content (AvgIpc) is 2.64. The minimum Gasteiger partial charge on any atom is -1.00 e. The van der Waals surface area contributed by atoms with Gasteiger partial charge in [-0.1, -0.05) is 96.8 Å². The van der Waals surface area contributed by atoms with Gasteiger partial charge in [-0.2, -0.15) is 12.6 Å². The Morgan fingerprint density at radius 3 is 1.56 bits per heavy atom. The molecule has 0 fully saturated rings. The minimum atomic E-state index is -0.816. The van der Waals surface area contributed by atoms with E-state index >= 15 is 0 Å². The van der Waals surface area contributed by atoms with E-state index in [1.165, 1.54) is 77.0 Å². The molecule has 0 amide bonds. The molecule has 0 aromatic rings. The molecule has 156 valence electrons. The third-order valence-electron chi connectivity index (χ3n) is 4.70. The van der Waals surface area contributed by atoms with E-state index in [2.05, 4.69) is 24.3 Å². The van der Waals surface area contributed by atoms with Crippen LogP contribution in [-0.2, 0) is 14.3 Å². The molecule has 0 aromatic heterocycles. The van der Waals surface area contributed by atoms with Crippen LogP contribution in [0.15, 0.2) is 0 Å². The van der Waals surface area contributed by atoms with Crippen molar-refractivity contribution < 1.29 is 45.3 Å². The Morgan fingerprint density at radius 2 is 1.19 bits per heavy atom. The predicted molar refractivity (Wildman–Crippen MR) is 114 cm³/mol. The van der Waals surface area contributed by atoms with Crippen molar-refractivity contribution >= 4 is 24.6 Å². The maximum atomic E-state index is 11.5. The van der Waals surface area contributed by atoms with Crippen molar-refractivity contribution in [3.05, 3.63) is 0 Å². The zero-order chi connectivity index (χ0) is 19.5. The van der Waals surface area contributed by atoms with Crippen molar-refractivity contribution in [3.8, 4) is 0 Å². The van der Waals surface area contributed by atoms with Crippen LogP contribution in [0.3, 0.4) is 0 Å². The first kappa shape index (κ1) is 29.6. The fourth-order valence-electron chi connectivity index (χ4n) is 2.95. The summed E-state index contributed by atoms with van der Waals surface area (Å²) in [5.74, 6) is -0.960. The summed E-state index contributed by atoms with van der Waals surface area (Å²) in [4.78, 5) is 22.8. The molecular weight excluding hydrogens is 369 g/mol. The fourth-order valence-corrected chi connectivity index (χ4v) is 3.10. The molecule has 0 radical (unpaired) electrons. The van der Waals surface area contributed by atoms with Gasteiger partial charge in [0.1, 0.15) is 6.04 Å². The van der Waals surface area contributed by atoms with Crippen LogP contribution < -0.4 is 35.3 Å². The minimum absolute atomic E-state index is 0. The van der Waals surface area contributed by atoms with Gasteiger partial charge in [-0.05, 0) is 6.42 Å². The van der Waals surface area contributed by atoms with Gasteiger partial charge >= 0.3 is 41.5 Å².